The summed E-state index contributed by atoms with van der Waals surface area (Å²) in [6, 6.07) is 0. The minimum absolute atomic E-state index is 0.0395. The molecule has 2 aromatic heterocycles. The van der Waals surface area contributed by atoms with Crippen molar-refractivity contribution in [2.75, 3.05) is 18.9 Å². The highest BCUT2D eigenvalue weighted by Gasteiger charge is 2.45. The highest BCUT2D eigenvalue weighted by Crippen LogP contribution is 2.40. The monoisotopic (exact) mass is 428 g/mol. The molecule has 1 aliphatic heterocycles. The van der Waals surface area contributed by atoms with E-state index in [9.17, 15) is 19.4 Å². The van der Waals surface area contributed by atoms with Gasteiger partial charge in [-0.2, -0.15) is 4.98 Å². The molecule has 0 amide bonds. The second-order valence-electron chi connectivity index (χ2n) is 6.41. The summed E-state index contributed by atoms with van der Waals surface area (Å²) in [6.45, 7) is 1.85. The van der Waals surface area contributed by atoms with Gasteiger partial charge in [0.2, 0.25) is 17.9 Å². The van der Waals surface area contributed by atoms with E-state index in [1.54, 1.807) is 0 Å². The maximum atomic E-state index is 12.0. The molecule has 0 aliphatic carbocycles. The van der Waals surface area contributed by atoms with Crippen molar-refractivity contribution in [3.63, 3.8) is 0 Å². The zero-order valence-corrected chi connectivity index (χ0v) is 16.7. The van der Waals surface area contributed by atoms with Crippen LogP contribution in [-0.2, 0) is 18.6 Å². The van der Waals surface area contributed by atoms with E-state index in [-0.39, 0.29) is 28.6 Å². The summed E-state index contributed by atoms with van der Waals surface area (Å²) < 4.78 is 29.3. The summed E-state index contributed by atoms with van der Waals surface area (Å²) in [5, 5.41) is 9.62. The number of ether oxygens (including phenoxy) is 2. The van der Waals surface area contributed by atoms with Gasteiger partial charge in [-0.3, -0.25) is 14.3 Å². The number of rotatable bonds is 10. The molecule has 2 aromatic rings. The van der Waals surface area contributed by atoms with Crippen LogP contribution in [0.4, 0.5) is 5.95 Å². The second-order valence-corrected chi connectivity index (χ2v) is 7.07. The van der Waals surface area contributed by atoms with Crippen molar-refractivity contribution in [2.24, 2.45) is 0 Å². The molecule has 0 spiro atoms. The van der Waals surface area contributed by atoms with Crippen LogP contribution >= 0.6 is 8.25 Å². The fraction of sp³-hybridized carbons (Fsp3) is 0.562. The third kappa shape index (κ3) is 4.56. The van der Waals surface area contributed by atoms with Gasteiger partial charge in [-0.25, -0.2) is 9.51 Å². The summed E-state index contributed by atoms with van der Waals surface area (Å²) in [5.41, 5.74) is 5.29. The van der Waals surface area contributed by atoms with Crippen LogP contribution in [0.2, 0.25) is 0 Å². The van der Waals surface area contributed by atoms with Gasteiger partial charge >= 0.3 is 8.25 Å². The number of hydrogen-bond acceptors (Lipinski definition) is 9. The lowest BCUT2D eigenvalue weighted by atomic mass is 10.2. The molecule has 2 unspecified atom stereocenters. The van der Waals surface area contributed by atoms with Crippen molar-refractivity contribution in [3.05, 3.63) is 28.2 Å². The van der Waals surface area contributed by atoms with Gasteiger partial charge in [0.15, 0.2) is 23.0 Å². The lowest BCUT2D eigenvalue weighted by Crippen LogP contribution is -2.27. The van der Waals surface area contributed by atoms with E-state index < -0.39 is 32.8 Å². The predicted molar refractivity (Wildman–Crippen MR) is 102 cm³/mol. The first-order valence-corrected chi connectivity index (χ1v) is 10.3. The van der Waals surface area contributed by atoms with E-state index >= 15 is 0 Å². The van der Waals surface area contributed by atoms with Crippen molar-refractivity contribution < 1.29 is 28.6 Å². The molecule has 0 saturated carbocycles. The van der Waals surface area contributed by atoms with Crippen molar-refractivity contribution >= 4 is 25.4 Å². The number of fused-ring (bicyclic) bond motifs is 1. The number of aliphatic hydroxyl groups excluding tert-OH is 1. The number of nitrogens with zero attached hydrogens (tertiary/aromatic N) is 3. The maximum absolute atomic E-state index is 12.0. The Morgan fingerprint density at radius 1 is 1.41 bits per heavy atom. The summed E-state index contributed by atoms with van der Waals surface area (Å²) in [6.07, 6.45) is 3.23. The van der Waals surface area contributed by atoms with Crippen molar-refractivity contribution in [2.45, 2.75) is 44.9 Å². The molecule has 0 bridgehead atoms. The summed E-state index contributed by atoms with van der Waals surface area (Å²) in [5.74, 6) is -0.244. The third-order valence-corrected chi connectivity index (χ3v) is 4.75. The first-order chi connectivity index (χ1) is 14.0. The Kier molecular flexibility index (Phi) is 6.80. The molecule has 0 radical (unpaired) electrons. The number of aromatic amines is 1. The Bertz CT molecular complexity index is 972. The maximum Gasteiger partial charge on any atom is 0.747 e. The first kappa shape index (κ1) is 21.2. The highest BCUT2D eigenvalue weighted by atomic mass is 31.1. The zero-order chi connectivity index (χ0) is 21.0. The molecule has 158 valence electrons. The van der Waals surface area contributed by atoms with Crippen LogP contribution in [0.25, 0.3) is 11.2 Å². The third-order valence-electron chi connectivity index (χ3n) is 4.40. The number of imidazole rings is 1. The Labute approximate surface area is 166 Å². The van der Waals surface area contributed by atoms with Crippen molar-refractivity contribution in [3.8, 4) is 0 Å². The number of aromatic nitrogens is 4. The Balaban J connectivity index is 1.94. The lowest BCUT2D eigenvalue weighted by molar-refractivity contribution is -0.0517. The molecule has 29 heavy (non-hydrogen) atoms. The van der Waals surface area contributed by atoms with Crippen molar-refractivity contribution in [1.82, 2.24) is 19.5 Å². The number of unbranched alkanes of at least 4 members (excludes halogenated alkanes) is 3. The molecule has 5 N–H and O–H groups in total. The summed E-state index contributed by atoms with van der Waals surface area (Å²) in [7, 11) is -3.01. The highest BCUT2D eigenvalue weighted by molar-refractivity contribution is 7.32. The first-order valence-electron chi connectivity index (χ1n) is 9.14. The van der Waals surface area contributed by atoms with Gasteiger partial charge < -0.3 is 20.3 Å². The van der Waals surface area contributed by atoms with Gasteiger partial charge in [0, 0.05) is 11.2 Å². The number of H-pyrrole nitrogens is 1. The molecule has 0 saturated heterocycles. The number of hydrogen-bond donors (Lipinski definition) is 4. The standard InChI is InChI=1S/C16H22N5O7P/c1-2-3-4-5-6-26-12-11(28-29(24)25)9(7-22)27-15(12)21-8-18-10-13(21)19-16(17)20-14(10)23/h8,12,15,22H,2-7H2,1H3,(H3-,17,19,20,23,24,25)/p+1/t12?,15-/m1/s1. The summed E-state index contributed by atoms with van der Waals surface area (Å²) >= 11 is 0. The largest absolute Gasteiger partial charge is 0.747 e. The van der Waals surface area contributed by atoms with Crippen molar-refractivity contribution in [1.29, 1.82) is 0 Å². The number of aliphatic hydroxyl groups is 1. The molecule has 3 heterocycles. The van der Waals surface area contributed by atoms with Gasteiger partial charge in [0.1, 0.15) is 12.9 Å². The molecule has 3 rings (SSSR count). The molecule has 0 aromatic carbocycles. The van der Waals surface area contributed by atoms with E-state index in [0.29, 0.717) is 6.61 Å². The Morgan fingerprint density at radius 3 is 2.90 bits per heavy atom. The fourth-order valence-corrected chi connectivity index (χ4v) is 3.46. The Hall–Kier alpha value is -2.53. The van der Waals surface area contributed by atoms with Crippen LogP contribution < -0.4 is 11.3 Å². The van der Waals surface area contributed by atoms with Gasteiger partial charge in [-0.15, -0.1) is 4.89 Å². The van der Waals surface area contributed by atoms with Crippen LogP contribution in [0.15, 0.2) is 22.6 Å². The minimum Gasteiger partial charge on any atom is -0.465 e. The average molecular weight is 428 g/mol. The van der Waals surface area contributed by atoms with Gasteiger partial charge in [0.05, 0.1) is 0 Å². The molecule has 12 nitrogen and oxygen atoms in total. The minimum atomic E-state index is -3.01. The SMILES string of the molecule is CCCCCCOC1C(O[P+](=O)O)=C(CO)O[C@H]1n1cnc2c(=O)[nH]c(N)nc21. The Morgan fingerprint density at radius 2 is 2.21 bits per heavy atom. The normalized spacial score (nSPS) is 19.6. The second kappa shape index (κ2) is 9.31. The zero-order valence-electron chi connectivity index (χ0n) is 15.8. The molecular weight excluding hydrogens is 405 g/mol. The van der Waals surface area contributed by atoms with E-state index in [1.165, 1.54) is 10.9 Å². The van der Waals surface area contributed by atoms with Crippen LogP contribution in [-0.4, -0.2) is 48.8 Å². The molecule has 1 aliphatic rings. The molecular formula is C16H23N5O7P+. The van der Waals surface area contributed by atoms with E-state index in [2.05, 4.69) is 21.9 Å². The molecule has 13 heteroatoms. The van der Waals surface area contributed by atoms with Gasteiger partial charge in [-0.05, 0) is 6.42 Å². The average Bonchev–Trinajstić information content (AvgIpc) is 3.22. The van der Waals surface area contributed by atoms with Crippen LogP contribution in [0.3, 0.4) is 0 Å². The van der Waals surface area contributed by atoms with Gasteiger partial charge in [-0.1, -0.05) is 26.2 Å². The number of anilines is 1. The molecule has 0 fully saturated rings. The quantitative estimate of drug-likeness (QED) is 0.316. The van der Waals surface area contributed by atoms with Crippen LogP contribution in [0.5, 0.6) is 0 Å². The van der Waals surface area contributed by atoms with Gasteiger partial charge in [0.25, 0.3) is 5.56 Å². The fourth-order valence-electron chi connectivity index (χ4n) is 3.09. The number of nitrogens with one attached hydrogen (secondary N) is 1. The predicted octanol–water partition coefficient (Wildman–Crippen LogP) is 1.07. The lowest BCUT2D eigenvalue weighted by Gasteiger charge is -2.21. The van der Waals surface area contributed by atoms with Crippen LogP contribution in [0.1, 0.15) is 38.8 Å². The number of nitrogens with two attached hydrogens (primary N) is 1. The topological polar surface area (TPSA) is 175 Å². The van der Waals surface area contributed by atoms with E-state index in [0.717, 1.165) is 25.7 Å². The smallest absolute Gasteiger partial charge is 0.465 e. The number of nitrogen functional groups attached to an aromatic ring is 1. The van der Waals surface area contributed by atoms with Crippen LogP contribution in [0, 0.1) is 0 Å². The van der Waals surface area contributed by atoms with E-state index in [4.69, 9.17) is 19.7 Å². The molecule has 3 atom stereocenters. The summed E-state index contributed by atoms with van der Waals surface area (Å²) in [4.78, 5) is 31.7. The van der Waals surface area contributed by atoms with E-state index in [1.807, 2.05) is 0 Å².